The highest BCUT2D eigenvalue weighted by Crippen LogP contribution is 2.30. The zero-order valence-corrected chi connectivity index (χ0v) is 10.1. The number of nitrogens with zero attached hydrogens (tertiary/aromatic N) is 1. The van der Waals surface area contributed by atoms with E-state index in [0.717, 1.165) is 16.7 Å². The summed E-state index contributed by atoms with van der Waals surface area (Å²) in [4.78, 5) is 0. The summed E-state index contributed by atoms with van der Waals surface area (Å²) in [6.45, 7) is 0. The zero-order valence-electron chi connectivity index (χ0n) is 7.40. The van der Waals surface area contributed by atoms with Gasteiger partial charge in [-0.2, -0.15) is 5.26 Å². The molecule has 0 saturated carbocycles. The van der Waals surface area contributed by atoms with Gasteiger partial charge in [0.15, 0.2) is 0 Å². The number of thiocyanates is 1. The van der Waals surface area contributed by atoms with Crippen molar-refractivity contribution in [2.24, 2.45) is 0 Å². The Kier molecular flexibility index (Phi) is 6.96. The predicted octanol–water partition coefficient (Wildman–Crippen LogP) is 2.65. The number of halogens is 1. The molecular weight excluding hydrogens is 237 g/mol. The zero-order chi connectivity index (χ0) is 9.68. The summed E-state index contributed by atoms with van der Waals surface area (Å²) in [5.74, 6) is 0. The Hall–Kier alpha value is -0.260. The largest absolute Gasteiger partial charge is 0.412 e. The predicted molar refractivity (Wildman–Crippen MR) is 65.6 cm³/mol. The molecule has 2 nitrogen and oxygen atoms in total. The van der Waals surface area contributed by atoms with Gasteiger partial charge in [0, 0.05) is 10.3 Å². The van der Waals surface area contributed by atoms with Gasteiger partial charge in [-0.05, 0) is 35.6 Å². The van der Waals surface area contributed by atoms with Crippen LogP contribution in [0.5, 0.6) is 0 Å². The van der Waals surface area contributed by atoms with Crippen molar-refractivity contribution < 1.29 is 5.48 Å². The van der Waals surface area contributed by atoms with Crippen LogP contribution in [0.1, 0.15) is 10.8 Å². The van der Waals surface area contributed by atoms with Crippen molar-refractivity contribution in [2.75, 3.05) is 6.16 Å². The monoisotopic (exact) mass is 247 g/mol. The van der Waals surface area contributed by atoms with E-state index in [-0.39, 0.29) is 10.7 Å². The van der Waals surface area contributed by atoms with Crippen molar-refractivity contribution >= 4 is 32.6 Å². The molecule has 0 aliphatic rings. The molecule has 0 radical (unpaired) electrons. The number of hydrogen-bond donors (Lipinski definition) is 0. The highest BCUT2D eigenvalue weighted by atomic mass is 35.5. The van der Waals surface area contributed by atoms with Crippen LogP contribution in [-0.4, -0.2) is 11.6 Å². The van der Waals surface area contributed by atoms with Crippen molar-refractivity contribution in [1.82, 2.24) is 0 Å². The number of hydrogen-bond acceptors (Lipinski definition) is 2. The van der Waals surface area contributed by atoms with E-state index in [1.165, 1.54) is 11.8 Å². The molecule has 2 atom stereocenters. The molecule has 1 aromatic carbocycles. The van der Waals surface area contributed by atoms with E-state index in [1.807, 2.05) is 24.3 Å². The molecule has 0 spiro atoms. The molecular formula is C9H11ClNOPS. The van der Waals surface area contributed by atoms with Crippen LogP contribution in [-0.2, 0) is 0 Å². The molecule has 0 bridgehead atoms. The van der Waals surface area contributed by atoms with E-state index in [4.69, 9.17) is 16.9 Å². The van der Waals surface area contributed by atoms with Gasteiger partial charge in [-0.25, -0.2) is 0 Å². The minimum absolute atomic E-state index is 0. The fraction of sp³-hybridized carbons (Fsp3) is 0.222. The first-order chi connectivity index (χ1) is 6.27. The second kappa shape index (κ2) is 7.09. The van der Waals surface area contributed by atoms with Crippen molar-refractivity contribution in [3.63, 3.8) is 0 Å². The maximum Gasteiger partial charge on any atom is 0.133 e. The summed E-state index contributed by atoms with van der Waals surface area (Å²) in [7, 11) is 2.64. The van der Waals surface area contributed by atoms with E-state index in [2.05, 4.69) is 14.6 Å². The fourth-order valence-electron chi connectivity index (χ4n) is 1.02. The molecule has 0 amide bonds. The van der Waals surface area contributed by atoms with Crippen molar-refractivity contribution in [2.45, 2.75) is 5.25 Å². The molecule has 2 N–H and O–H groups in total. The van der Waals surface area contributed by atoms with Gasteiger partial charge in [0.25, 0.3) is 0 Å². The quantitative estimate of drug-likeness (QED) is 0.609. The van der Waals surface area contributed by atoms with Gasteiger partial charge in [0.1, 0.15) is 5.40 Å². The number of benzene rings is 1. The first-order valence-electron chi connectivity index (χ1n) is 3.78. The topological polar surface area (TPSA) is 55.3 Å². The third kappa shape index (κ3) is 3.86. The van der Waals surface area contributed by atoms with Gasteiger partial charge in [0.2, 0.25) is 0 Å². The first-order valence-corrected chi connectivity index (χ1v) is 5.85. The summed E-state index contributed by atoms with van der Waals surface area (Å²) in [5, 5.41) is 11.6. The van der Waals surface area contributed by atoms with Crippen LogP contribution in [0.4, 0.5) is 0 Å². The Balaban J connectivity index is 0.00000169. The van der Waals surface area contributed by atoms with Gasteiger partial charge in [-0.15, -0.1) is 9.24 Å². The summed E-state index contributed by atoms with van der Waals surface area (Å²) < 4.78 is 0. The molecule has 14 heavy (non-hydrogen) atoms. The molecule has 0 aromatic heterocycles. The Labute approximate surface area is 95.2 Å². The minimum Gasteiger partial charge on any atom is -0.412 e. The van der Waals surface area contributed by atoms with E-state index < -0.39 is 0 Å². The molecule has 1 rings (SSSR count). The van der Waals surface area contributed by atoms with Crippen molar-refractivity contribution in [3.8, 4) is 5.40 Å². The standard InChI is InChI=1S/C9H9ClNPS.H2O/c10-8-3-1-2-7(4-8)9(5-12)13-6-11;/h1-4,9H,5,12H2;1H2. The Bertz CT molecular complexity index is 329. The molecule has 76 valence electrons. The van der Waals surface area contributed by atoms with Crippen LogP contribution in [0.15, 0.2) is 24.3 Å². The van der Waals surface area contributed by atoms with E-state index in [1.54, 1.807) is 0 Å². The average Bonchev–Trinajstić information content (AvgIpc) is 2.14. The Morgan fingerprint density at radius 3 is 2.79 bits per heavy atom. The van der Waals surface area contributed by atoms with Gasteiger partial charge in [-0.3, -0.25) is 0 Å². The van der Waals surface area contributed by atoms with Crippen molar-refractivity contribution in [3.05, 3.63) is 34.9 Å². The van der Waals surface area contributed by atoms with Gasteiger partial charge in [-0.1, -0.05) is 23.7 Å². The fourth-order valence-corrected chi connectivity index (χ4v) is 2.29. The van der Waals surface area contributed by atoms with E-state index in [9.17, 15) is 0 Å². The van der Waals surface area contributed by atoms with Gasteiger partial charge in [0.05, 0.1) is 0 Å². The second-order valence-electron chi connectivity index (χ2n) is 2.49. The molecule has 0 fully saturated rings. The molecule has 5 heteroatoms. The Morgan fingerprint density at radius 2 is 2.29 bits per heavy atom. The summed E-state index contributed by atoms with van der Waals surface area (Å²) in [6, 6.07) is 7.64. The van der Waals surface area contributed by atoms with Crippen molar-refractivity contribution in [1.29, 1.82) is 5.26 Å². The van der Waals surface area contributed by atoms with Crippen LogP contribution >= 0.6 is 32.6 Å². The number of rotatable bonds is 3. The van der Waals surface area contributed by atoms with Gasteiger partial charge >= 0.3 is 0 Å². The molecule has 0 heterocycles. The third-order valence-corrected chi connectivity index (χ3v) is 3.53. The van der Waals surface area contributed by atoms with Crippen LogP contribution in [0.2, 0.25) is 5.02 Å². The molecule has 0 saturated heterocycles. The summed E-state index contributed by atoms with van der Waals surface area (Å²) in [6.07, 6.45) is 0.860. The lowest BCUT2D eigenvalue weighted by Gasteiger charge is -2.09. The molecule has 1 aromatic rings. The maximum atomic E-state index is 8.57. The smallest absolute Gasteiger partial charge is 0.133 e. The molecule has 0 aliphatic carbocycles. The van der Waals surface area contributed by atoms with Crippen LogP contribution in [0, 0.1) is 10.7 Å². The molecule has 0 aliphatic heterocycles. The van der Waals surface area contributed by atoms with E-state index in [0.29, 0.717) is 0 Å². The highest BCUT2D eigenvalue weighted by molar-refractivity contribution is 8.04. The first kappa shape index (κ1) is 13.7. The van der Waals surface area contributed by atoms with Gasteiger partial charge < -0.3 is 5.48 Å². The SMILES string of the molecule is N#CSC(CP)c1cccc(Cl)c1.O. The summed E-state index contributed by atoms with van der Waals surface area (Å²) in [5.41, 5.74) is 1.11. The normalized spacial score (nSPS) is 11.2. The number of thioether (sulfide) groups is 1. The lowest BCUT2D eigenvalue weighted by atomic mass is 10.2. The van der Waals surface area contributed by atoms with Crippen LogP contribution in [0.25, 0.3) is 0 Å². The Morgan fingerprint density at radius 1 is 1.57 bits per heavy atom. The summed E-state index contributed by atoms with van der Waals surface area (Å²) >= 11 is 7.11. The van der Waals surface area contributed by atoms with E-state index >= 15 is 0 Å². The number of nitriles is 1. The van der Waals surface area contributed by atoms with Crippen LogP contribution in [0.3, 0.4) is 0 Å². The second-order valence-corrected chi connectivity index (χ2v) is 4.38. The third-order valence-electron chi connectivity index (χ3n) is 1.63. The highest BCUT2D eigenvalue weighted by Gasteiger charge is 2.09. The lowest BCUT2D eigenvalue weighted by molar-refractivity contribution is 0.824. The maximum absolute atomic E-state index is 8.57. The molecule has 2 unspecified atom stereocenters. The minimum atomic E-state index is 0. The lowest BCUT2D eigenvalue weighted by Crippen LogP contribution is -1.93. The van der Waals surface area contributed by atoms with Crippen LogP contribution < -0.4 is 0 Å². The average molecular weight is 248 g/mol.